The minimum absolute atomic E-state index is 0. The number of hydrogen-bond donors (Lipinski definition) is 1. The van der Waals surface area contributed by atoms with Gasteiger partial charge in [-0.3, -0.25) is 4.79 Å². The fourth-order valence-electron chi connectivity index (χ4n) is 2.12. The molecule has 1 N–H and O–H groups in total. The van der Waals surface area contributed by atoms with Gasteiger partial charge in [0, 0.05) is 32.6 Å². The van der Waals surface area contributed by atoms with Crippen molar-refractivity contribution in [2.24, 2.45) is 11.8 Å². The molecule has 0 aromatic rings. The molecular formula is C12H25ClN2O. The van der Waals surface area contributed by atoms with Gasteiger partial charge in [-0.2, -0.15) is 0 Å². The summed E-state index contributed by atoms with van der Waals surface area (Å²) < 4.78 is 0. The summed E-state index contributed by atoms with van der Waals surface area (Å²) in [4.78, 5) is 14.0. The highest BCUT2D eigenvalue weighted by Crippen LogP contribution is 2.19. The largest absolute Gasteiger partial charge is 0.340 e. The van der Waals surface area contributed by atoms with E-state index in [0.717, 1.165) is 39.0 Å². The number of nitrogens with one attached hydrogen (secondary N) is 1. The van der Waals surface area contributed by atoms with Crippen molar-refractivity contribution in [2.75, 3.05) is 26.2 Å². The molecule has 0 aromatic heterocycles. The van der Waals surface area contributed by atoms with Crippen LogP contribution in [-0.2, 0) is 4.79 Å². The Morgan fingerprint density at radius 1 is 1.31 bits per heavy atom. The molecule has 1 unspecified atom stereocenters. The van der Waals surface area contributed by atoms with E-state index in [4.69, 9.17) is 0 Å². The van der Waals surface area contributed by atoms with Crippen molar-refractivity contribution in [2.45, 2.75) is 33.6 Å². The number of rotatable bonds is 4. The third-order valence-electron chi connectivity index (χ3n) is 3.37. The fourth-order valence-corrected chi connectivity index (χ4v) is 2.12. The van der Waals surface area contributed by atoms with Crippen LogP contribution < -0.4 is 5.32 Å². The van der Waals surface area contributed by atoms with E-state index >= 15 is 0 Å². The van der Waals surface area contributed by atoms with Crippen LogP contribution in [0.3, 0.4) is 0 Å². The van der Waals surface area contributed by atoms with E-state index in [-0.39, 0.29) is 12.4 Å². The maximum Gasteiger partial charge on any atom is 0.222 e. The van der Waals surface area contributed by atoms with Crippen molar-refractivity contribution in [3.05, 3.63) is 0 Å². The monoisotopic (exact) mass is 248 g/mol. The van der Waals surface area contributed by atoms with E-state index in [0.29, 0.717) is 17.7 Å². The van der Waals surface area contributed by atoms with Gasteiger partial charge in [0.05, 0.1) is 0 Å². The van der Waals surface area contributed by atoms with E-state index in [1.807, 2.05) is 4.90 Å². The number of nitrogens with zero attached hydrogens (tertiary/aromatic N) is 1. The molecule has 0 aromatic carbocycles. The van der Waals surface area contributed by atoms with E-state index in [9.17, 15) is 4.79 Å². The number of amides is 1. The summed E-state index contributed by atoms with van der Waals surface area (Å²) in [6.45, 7) is 10.3. The van der Waals surface area contributed by atoms with Gasteiger partial charge in [-0.25, -0.2) is 0 Å². The zero-order chi connectivity index (χ0) is 11.3. The van der Waals surface area contributed by atoms with E-state index in [1.165, 1.54) is 0 Å². The fraction of sp³-hybridized carbons (Fsp3) is 0.917. The first-order chi connectivity index (χ1) is 7.15. The maximum absolute atomic E-state index is 12.0. The second kappa shape index (κ2) is 7.91. The highest BCUT2D eigenvalue weighted by Gasteiger charge is 2.21. The summed E-state index contributed by atoms with van der Waals surface area (Å²) in [6, 6.07) is 0. The summed E-state index contributed by atoms with van der Waals surface area (Å²) in [5.74, 6) is 1.51. The molecule has 1 aliphatic rings. The number of carbonyl (C=O) groups excluding carboxylic acids is 1. The Kier molecular flexibility index (Phi) is 7.77. The van der Waals surface area contributed by atoms with Crippen molar-refractivity contribution >= 4 is 18.3 Å². The molecule has 1 fully saturated rings. The minimum atomic E-state index is 0. The Labute approximate surface area is 105 Å². The molecule has 16 heavy (non-hydrogen) atoms. The van der Waals surface area contributed by atoms with Crippen molar-refractivity contribution in [3.8, 4) is 0 Å². The highest BCUT2D eigenvalue weighted by molar-refractivity contribution is 5.85. The Hall–Kier alpha value is -0.280. The summed E-state index contributed by atoms with van der Waals surface area (Å²) in [5, 5.41) is 3.27. The van der Waals surface area contributed by atoms with Crippen LogP contribution in [0, 0.1) is 11.8 Å². The first-order valence-electron chi connectivity index (χ1n) is 6.13. The van der Waals surface area contributed by atoms with Gasteiger partial charge in [0.25, 0.3) is 0 Å². The first-order valence-corrected chi connectivity index (χ1v) is 6.13. The van der Waals surface area contributed by atoms with E-state index in [2.05, 4.69) is 26.1 Å². The summed E-state index contributed by atoms with van der Waals surface area (Å²) in [6.07, 6.45) is 1.84. The molecular weight excluding hydrogens is 224 g/mol. The van der Waals surface area contributed by atoms with Gasteiger partial charge in [0.1, 0.15) is 0 Å². The molecule has 0 saturated carbocycles. The van der Waals surface area contributed by atoms with Gasteiger partial charge in [-0.15, -0.1) is 12.4 Å². The third kappa shape index (κ3) is 4.71. The quantitative estimate of drug-likeness (QED) is 0.825. The molecule has 0 aliphatic carbocycles. The lowest BCUT2D eigenvalue weighted by Gasteiger charge is -2.29. The van der Waals surface area contributed by atoms with Crippen LogP contribution in [0.2, 0.25) is 0 Å². The lowest BCUT2D eigenvalue weighted by Crippen LogP contribution is -2.46. The standard InChI is InChI=1S/C12H24N2O.ClH/c1-4-11(10(2)3)9-12(15)14-7-5-13-6-8-14;/h10-11,13H,4-9H2,1-3H3;1H. The van der Waals surface area contributed by atoms with Crippen molar-refractivity contribution < 1.29 is 4.79 Å². The Morgan fingerprint density at radius 2 is 1.88 bits per heavy atom. The van der Waals surface area contributed by atoms with Crippen LogP contribution in [-0.4, -0.2) is 37.0 Å². The van der Waals surface area contributed by atoms with Crippen LogP contribution in [0.15, 0.2) is 0 Å². The lowest BCUT2D eigenvalue weighted by atomic mass is 9.89. The van der Waals surface area contributed by atoms with Gasteiger partial charge in [-0.1, -0.05) is 27.2 Å². The van der Waals surface area contributed by atoms with Gasteiger partial charge >= 0.3 is 0 Å². The second-order valence-electron chi connectivity index (χ2n) is 4.75. The Morgan fingerprint density at radius 3 is 2.31 bits per heavy atom. The summed E-state index contributed by atoms with van der Waals surface area (Å²) >= 11 is 0. The predicted molar refractivity (Wildman–Crippen MR) is 69.9 cm³/mol. The Balaban J connectivity index is 0.00000225. The Bertz CT molecular complexity index is 203. The van der Waals surface area contributed by atoms with Crippen molar-refractivity contribution in [1.29, 1.82) is 0 Å². The molecule has 4 heteroatoms. The molecule has 1 aliphatic heterocycles. The van der Waals surface area contributed by atoms with Gasteiger partial charge in [-0.05, 0) is 11.8 Å². The molecule has 0 spiro atoms. The number of piperazine rings is 1. The van der Waals surface area contributed by atoms with Gasteiger partial charge in [0.15, 0.2) is 0 Å². The second-order valence-corrected chi connectivity index (χ2v) is 4.75. The van der Waals surface area contributed by atoms with Crippen LogP contribution in [0.4, 0.5) is 0 Å². The third-order valence-corrected chi connectivity index (χ3v) is 3.37. The number of halogens is 1. The molecule has 0 radical (unpaired) electrons. The molecule has 1 heterocycles. The maximum atomic E-state index is 12.0. The van der Waals surface area contributed by atoms with Crippen molar-refractivity contribution in [3.63, 3.8) is 0 Å². The lowest BCUT2D eigenvalue weighted by molar-refractivity contribution is -0.133. The molecule has 3 nitrogen and oxygen atoms in total. The number of hydrogen-bond acceptors (Lipinski definition) is 2. The van der Waals surface area contributed by atoms with Crippen LogP contribution >= 0.6 is 12.4 Å². The zero-order valence-electron chi connectivity index (χ0n) is 10.7. The first kappa shape index (κ1) is 15.7. The highest BCUT2D eigenvalue weighted by atomic mass is 35.5. The van der Waals surface area contributed by atoms with Crippen LogP contribution in [0.5, 0.6) is 0 Å². The summed E-state index contributed by atoms with van der Waals surface area (Å²) in [5.41, 5.74) is 0. The molecule has 1 saturated heterocycles. The smallest absolute Gasteiger partial charge is 0.222 e. The van der Waals surface area contributed by atoms with Gasteiger partial charge < -0.3 is 10.2 Å². The van der Waals surface area contributed by atoms with Crippen molar-refractivity contribution in [1.82, 2.24) is 10.2 Å². The minimum Gasteiger partial charge on any atom is -0.340 e. The average molecular weight is 249 g/mol. The molecule has 1 rings (SSSR count). The van der Waals surface area contributed by atoms with E-state index < -0.39 is 0 Å². The SMILES string of the molecule is CCC(CC(=O)N1CCNCC1)C(C)C.Cl. The molecule has 1 atom stereocenters. The average Bonchev–Trinajstić information content (AvgIpc) is 2.26. The molecule has 0 bridgehead atoms. The molecule has 1 amide bonds. The molecule has 96 valence electrons. The number of carbonyl (C=O) groups is 1. The van der Waals surface area contributed by atoms with Gasteiger partial charge in [0.2, 0.25) is 5.91 Å². The normalized spacial score (nSPS) is 18.1. The summed E-state index contributed by atoms with van der Waals surface area (Å²) in [7, 11) is 0. The van der Waals surface area contributed by atoms with Crippen LogP contribution in [0.25, 0.3) is 0 Å². The van der Waals surface area contributed by atoms with Crippen LogP contribution in [0.1, 0.15) is 33.6 Å². The topological polar surface area (TPSA) is 32.3 Å². The predicted octanol–water partition coefficient (Wildman–Crippen LogP) is 1.91. The zero-order valence-corrected chi connectivity index (χ0v) is 11.5. The van der Waals surface area contributed by atoms with E-state index in [1.54, 1.807) is 0 Å².